The standard InChI is InChI=1S/C9H10N2O/c1-10-5-4-9(12)8-2-6-11-7-3-8/h2-7,10H,1H3/b5-4+. The predicted octanol–water partition coefficient (Wildman–Crippen LogP) is 0.997. The van der Waals surface area contributed by atoms with Crippen molar-refractivity contribution in [1.82, 2.24) is 10.3 Å². The molecule has 0 amide bonds. The van der Waals surface area contributed by atoms with Crippen LogP contribution in [-0.2, 0) is 0 Å². The van der Waals surface area contributed by atoms with Crippen LogP contribution in [0.4, 0.5) is 0 Å². The maximum Gasteiger partial charge on any atom is 0.187 e. The molecule has 0 radical (unpaired) electrons. The van der Waals surface area contributed by atoms with Crippen molar-refractivity contribution in [2.24, 2.45) is 0 Å². The van der Waals surface area contributed by atoms with Crippen LogP contribution >= 0.6 is 0 Å². The van der Waals surface area contributed by atoms with Gasteiger partial charge < -0.3 is 5.32 Å². The van der Waals surface area contributed by atoms with Crippen molar-refractivity contribution in [3.8, 4) is 0 Å². The molecule has 3 nitrogen and oxygen atoms in total. The minimum atomic E-state index is -0.0215. The summed E-state index contributed by atoms with van der Waals surface area (Å²) in [5, 5.41) is 2.75. The molecule has 0 bridgehead atoms. The summed E-state index contributed by atoms with van der Waals surface area (Å²) >= 11 is 0. The number of hydrogen-bond donors (Lipinski definition) is 1. The van der Waals surface area contributed by atoms with Gasteiger partial charge in [0.2, 0.25) is 0 Å². The molecule has 0 aliphatic rings. The second-order valence-corrected chi connectivity index (χ2v) is 2.22. The second kappa shape index (κ2) is 4.28. The molecule has 0 saturated carbocycles. The van der Waals surface area contributed by atoms with E-state index in [0.717, 1.165) is 0 Å². The third-order valence-corrected chi connectivity index (χ3v) is 1.37. The van der Waals surface area contributed by atoms with Gasteiger partial charge >= 0.3 is 0 Å². The van der Waals surface area contributed by atoms with Gasteiger partial charge in [-0.2, -0.15) is 0 Å². The Morgan fingerprint density at radius 1 is 1.50 bits per heavy atom. The molecular weight excluding hydrogens is 152 g/mol. The Labute approximate surface area is 71.1 Å². The number of ketones is 1. The second-order valence-electron chi connectivity index (χ2n) is 2.22. The summed E-state index contributed by atoms with van der Waals surface area (Å²) in [6.07, 6.45) is 6.28. The molecule has 0 fully saturated rings. The van der Waals surface area contributed by atoms with E-state index in [1.807, 2.05) is 0 Å². The maximum absolute atomic E-state index is 11.2. The Morgan fingerprint density at radius 3 is 2.75 bits per heavy atom. The summed E-state index contributed by atoms with van der Waals surface area (Å²) in [5.74, 6) is -0.0215. The fraction of sp³-hybridized carbons (Fsp3) is 0.111. The monoisotopic (exact) mass is 162 g/mol. The van der Waals surface area contributed by atoms with E-state index < -0.39 is 0 Å². The molecule has 0 aliphatic carbocycles. The van der Waals surface area contributed by atoms with Crippen molar-refractivity contribution >= 4 is 5.78 Å². The van der Waals surface area contributed by atoms with E-state index in [1.165, 1.54) is 6.08 Å². The van der Waals surface area contributed by atoms with Crippen LogP contribution in [0.5, 0.6) is 0 Å². The van der Waals surface area contributed by atoms with E-state index in [0.29, 0.717) is 5.56 Å². The fourth-order valence-electron chi connectivity index (χ4n) is 0.771. The number of carbonyl (C=O) groups is 1. The highest BCUT2D eigenvalue weighted by atomic mass is 16.1. The van der Waals surface area contributed by atoms with E-state index in [1.54, 1.807) is 37.8 Å². The van der Waals surface area contributed by atoms with Crippen LogP contribution in [0, 0.1) is 0 Å². The molecule has 0 saturated heterocycles. The molecule has 1 N–H and O–H groups in total. The fourth-order valence-corrected chi connectivity index (χ4v) is 0.771. The molecule has 1 aromatic rings. The van der Waals surface area contributed by atoms with E-state index in [2.05, 4.69) is 10.3 Å². The molecular formula is C9H10N2O. The van der Waals surface area contributed by atoms with E-state index in [-0.39, 0.29) is 5.78 Å². The van der Waals surface area contributed by atoms with Crippen molar-refractivity contribution in [3.63, 3.8) is 0 Å². The summed E-state index contributed by atoms with van der Waals surface area (Å²) in [4.78, 5) is 15.1. The van der Waals surface area contributed by atoms with Crippen molar-refractivity contribution < 1.29 is 4.79 Å². The highest BCUT2D eigenvalue weighted by Gasteiger charge is 1.98. The molecule has 0 aliphatic heterocycles. The normalized spacial score (nSPS) is 10.1. The van der Waals surface area contributed by atoms with Gasteiger partial charge in [-0.15, -0.1) is 0 Å². The summed E-state index contributed by atoms with van der Waals surface area (Å²) < 4.78 is 0. The number of rotatable bonds is 3. The minimum Gasteiger partial charge on any atom is -0.394 e. The van der Waals surface area contributed by atoms with Crippen molar-refractivity contribution in [2.45, 2.75) is 0 Å². The third kappa shape index (κ3) is 2.20. The lowest BCUT2D eigenvalue weighted by molar-refractivity contribution is 0.104. The topological polar surface area (TPSA) is 42.0 Å². The van der Waals surface area contributed by atoms with Gasteiger partial charge in [0.05, 0.1) is 0 Å². The zero-order chi connectivity index (χ0) is 8.81. The summed E-state index contributed by atoms with van der Waals surface area (Å²) in [7, 11) is 1.75. The van der Waals surface area contributed by atoms with Crippen molar-refractivity contribution in [1.29, 1.82) is 0 Å². The maximum atomic E-state index is 11.2. The lowest BCUT2D eigenvalue weighted by atomic mass is 10.2. The van der Waals surface area contributed by atoms with Crippen LogP contribution in [-0.4, -0.2) is 17.8 Å². The molecule has 12 heavy (non-hydrogen) atoms. The minimum absolute atomic E-state index is 0.0215. The van der Waals surface area contributed by atoms with Gasteiger partial charge in [0, 0.05) is 37.3 Å². The zero-order valence-electron chi connectivity index (χ0n) is 6.82. The van der Waals surface area contributed by atoms with E-state index in [9.17, 15) is 4.79 Å². The Bertz CT molecular complexity index is 280. The highest BCUT2D eigenvalue weighted by Crippen LogP contribution is 1.97. The average Bonchev–Trinajstić information content (AvgIpc) is 2.15. The number of hydrogen-bond acceptors (Lipinski definition) is 3. The van der Waals surface area contributed by atoms with Crippen molar-refractivity contribution in [2.75, 3.05) is 7.05 Å². The summed E-state index contributed by atoms with van der Waals surface area (Å²) in [6.45, 7) is 0. The number of pyridine rings is 1. The molecule has 62 valence electrons. The first-order valence-electron chi connectivity index (χ1n) is 3.63. The Morgan fingerprint density at radius 2 is 2.17 bits per heavy atom. The van der Waals surface area contributed by atoms with Gasteiger partial charge in [0.25, 0.3) is 0 Å². The first-order chi connectivity index (χ1) is 5.84. The quantitative estimate of drug-likeness (QED) is 0.532. The molecule has 1 heterocycles. The number of carbonyl (C=O) groups excluding carboxylic acids is 1. The molecule has 1 rings (SSSR count). The highest BCUT2D eigenvalue weighted by molar-refractivity contribution is 6.04. The Balaban J connectivity index is 2.72. The van der Waals surface area contributed by atoms with E-state index in [4.69, 9.17) is 0 Å². The Hall–Kier alpha value is -1.64. The van der Waals surface area contributed by atoms with Crippen molar-refractivity contribution in [3.05, 3.63) is 42.4 Å². The molecule has 0 unspecified atom stereocenters. The molecule has 0 aromatic carbocycles. The molecule has 1 aromatic heterocycles. The number of nitrogens with one attached hydrogen (secondary N) is 1. The van der Waals surface area contributed by atoms with Crippen LogP contribution < -0.4 is 5.32 Å². The molecule has 0 spiro atoms. The SMILES string of the molecule is CN/C=C/C(=O)c1ccncc1. The van der Waals surface area contributed by atoms with Crippen LogP contribution in [0.2, 0.25) is 0 Å². The number of allylic oxidation sites excluding steroid dienone is 1. The van der Waals surface area contributed by atoms with Gasteiger partial charge in [0.15, 0.2) is 5.78 Å². The third-order valence-electron chi connectivity index (χ3n) is 1.37. The zero-order valence-corrected chi connectivity index (χ0v) is 6.82. The average molecular weight is 162 g/mol. The van der Waals surface area contributed by atoms with Gasteiger partial charge in [-0.3, -0.25) is 9.78 Å². The van der Waals surface area contributed by atoms with Crippen LogP contribution in [0.3, 0.4) is 0 Å². The largest absolute Gasteiger partial charge is 0.394 e. The lowest BCUT2D eigenvalue weighted by Gasteiger charge is -1.92. The van der Waals surface area contributed by atoms with Crippen LogP contribution in [0.15, 0.2) is 36.8 Å². The summed E-state index contributed by atoms with van der Waals surface area (Å²) in [6, 6.07) is 3.37. The first kappa shape index (κ1) is 8.46. The van der Waals surface area contributed by atoms with Crippen LogP contribution in [0.25, 0.3) is 0 Å². The van der Waals surface area contributed by atoms with Crippen LogP contribution in [0.1, 0.15) is 10.4 Å². The smallest absolute Gasteiger partial charge is 0.187 e. The predicted molar refractivity (Wildman–Crippen MR) is 46.8 cm³/mol. The Kier molecular flexibility index (Phi) is 3.02. The number of nitrogens with zero attached hydrogens (tertiary/aromatic N) is 1. The van der Waals surface area contributed by atoms with Gasteiger partial charge in [0.1, 0.15) is 0 Å². The lowest BCUT2D eigenvalue weighted by Crippen LogP contribution is -1.98. The van der Waals surface area contributed by atoms with Gasteiger partial charge in [-0.05, 0) is 12.1 Å². The molecule has 0 atom stereocenters. The first-order valence-corrected chi connectivity index (χ1v) is 3.63. The number of aromatic nitrogens is 1. The molecule has 3 heteroatoms. The summed E-state index contributed by atoms with van der Waals surface area (Å²) in [5.41, 5.74) is 0.650. The van der Waals surface area contributed by atoms with E-state index >= 15 is 0 Å². The van der Waals surface area contributed by atoms with Gasteiger partial charge in [-0.1, -0.05) is 0 Å². The van der Waals surface area contributed by atoms with Gasteiger partial charge in [-0.25, -0.2) is 0 Å².